The molecule has 0 aliphatic carbocycles. The number of Topliss-reactive ketones (excluding diaryl/α,β-unsaturated/α-hetero) is 1. The first-order valence-corrected chi connectivity index (χ1v) is 5.33. The Morgan fingerprint density at radius 3 is 2.06 bits per heavy atom. The highest BCUT2D eigenvalue weighted by Gasteiger charge is 2.16. The Morgan fingerprint density at radius 2 is 1.50 bits per heavy atom. The molecular weight excluding hydrogens is 230 g/mol. The smallest absolute Gasteiger partial charge is 0.215 e. The second kappa shape index (κ2) is 5.14. The van der Waals surface area contributed by atoms with Crippen molar-refractivity contribution in [3.05, 3.63) is 65.7 Å². The molecule has 4 nitrogen and oxygen atoms in total. The molecule has 90 valence electrons. The molecule has 0 atom stereocenters. The summed E-state index contributed by atoms with van der Waals surface area (Å²) in [6, 6.07) is 14.5. The quantitative estimate of drug-likeness (QED) is 0.375. The molecule has 0 aliphatic heterocycles. The zero-order valence-electron chi connectivity index (χ0n) is 9.45. The van der Waals surface area contributed by atoms with E-state index >= 15 is 0 Å². The predicted octanol–water partition coefficient (Wildman–Crippen LogP) is 2.45. The molecule has 0 fully saturated rings. The van der Waals surface area contributed by atoms with Gasteiger partial charge in [-0.1, -0.05) is 35.5 Å². The molecule has 0 aliphatic rings. The average molecular weight is 241 g/mol. The second-order valence-corrected chi connectivity index (χ2v) is 3.69. The molecule has 0 saturated carbocycles. The molecule has 2 N–H and O–H groups in total. The number of hydrogen-bond acceptors (Lipinski definition) is 4. The fourth-order valence-corrected chi connectivity index (χ4v) is 1.58. The van der Waals surface area contributed by atoms with Crippen LogP contribution < -0.4 is 0 Å². The summed E-state index contributed by atoms with van der Waals surface area (Å²) in [5.74, 6) is -0.285. The van der Waals surface area contributed by atoms with E-state index in [0.717, 1.165) is 0 Å². The summed E-state index contributed by atoms with van der Waals surface area (Å²) in [5, 5.41) is 21.2. The number of phenolic OH excluding ortho intramolecular Hbond substituents is 1. The molecule has 0 heterocycles. The van der Waals surface area contributed by atoms with Gasteiger partial charge in [0.1, 0.15) is 5.75 Å². The summed E-state index contributed by atoms with van der Waals surface area (Å²) < 4.78 is 0. The zero-order chi connectivity index (χ0) is 13.0. The molecule has 2 rings (SSSR count). The number of oxime groups is 1. The molecule has 0 spiro atoms. The third-order valence-electron chi connectivity index (χ3n) is 2.49. The second-order valence-electron chi connectivity index (χ2n) is 3.69. The Morgan fingerprint density at radius 1 is 0.889 bits per heavy atom. The highest BCUT2D eigenvalue weighted by molar-refractivity contribution is 6.51. The van der Waals surface area contributed by atoms with Gasteiger partial charge in [0.15, 0.2) is 5.71 Å². The summed E-state index contributed by atoms with van der Waals surface area (Å²) in [6.07, 6.45) is 0. The summed E-state index contributed by atoms with van der Waals surface area (Å²) in [4.78, 5) is 12.1. The van der Waals surface area contributed by atoms with E-state index in [1.165, 1.54) is 24.3 Å². The summed E-state index contributed by atoms with van der Waals surface area (Å²) >= 11 is 0. The number of aromatic hydroxyl groups is 1. The normalized spacial score (nSPS) is 11.2. The van der Waals surface area contributed by atoms with Crippen molar-refractivity contribution < 1.29 is 15.1 Å². The topological polar surface area (TPSA) is 69.9 Å². The lowest BCUT2D eigenvalue weighted by molar-refractivity contribution is 0.106. The van der Waals surface area contributed by atoms with E-state index in [-0.39, 0.29) is 17.2 Å². The van der Waals surface area contributed by atoms with Gasteiger partial charge in [0.25, 0.3) is 0 Å². The third kappa shape index (κ3) is 2.38. The Balaban J connectivity index is 2.36. The summed E-state index contributed by atoms with van der Waals surface area (Å²) in [7, 11) is 0. The molecule has 0 unspecified atom stereocenters. The number of nitrogens with zero attached hydrogens (tertiary/aromatic N) is 1. The highest BCUT2D eigenvalue weighted by atomic mass is 16.4. The van der Waals surface area contributed by atoms with Gasteiger partial charge in [0, 0.05) is 11.1 Å². The Hall–Kier alpha value is -2.62. The predicted molar refractivity (Wildman–Crippen MR) is 67.2 cm³/mol. The molecule has 0 aromatic heterocycles. The third-order valence-corrected chi connectivity index (χ3v) is 2.49. The van der Waals surface area contributed by atoms with E-state index in [1.54, 1.807) is 30.3 Å². The van der Waals surface area contributed by atoms with E-state index in [0.29, 0.717) is 11.1 Å². The van der Waals surface area contributed by atoms with Crippen LogP contribution in [0.15, 0.2) is 59.8 Å². The van der Waals surface area contributed by atoms with Gasteiger partial charge < -0.3 is 10.3 Å². The van der Waals surface area contributed by atoms with Crippen LogP contribution in [0.3, 0.4) is 0 Å². The van der Waals surface area contributed by atoms with Gasteiger partial charge in [-0.2, -0.15) is 0 Å². The Kier molecular flexibility index (Phi) is 3.38. The minimum Gasteiger partial charge on any atom is -0.508 e. The van der Waals surface area contributed by atoms with Gasteiger partial charge in [-0.15, -0.1) is 0 Å². The van der Waals surface area contributed by atoms with Gasteiger partial charge in [-0.3, -0.25) is 4.79 Å². The standard InChI is InChI=1S/C14H11NO3/c16-12-8-6-10(7-9-12)13(15-18)14(17)11-4-2-1-3-5-11/h1-9,16,18H. The van der Waals surface area contributed by atoms with Gasteiger partial charge in [0.05, 0.1) is 0 Å². The molecule has 2 aromatic carbocycles. The van der Waals surface area contributed by atoms with Gasteiger partial charge in [-0.25, -0.2) is 0 Å². The number of ketones is 1. The molecule has 0 bridgehead atoms. The van der Waals surface area contributed by atoms with Crippen LogP contribution in [-0.4, -0.2) is 21.8 Å². The first-order chi connectivity index (χ1) is 8.72. The lowest BCUT2D eigenvalue weighted by Gasteiger charge is -2.04. The van der Waals surface area contributed by atoms with E-state index in [4.69, 9.17) is 5.21 Å². The van der Waals surface area contributed by atoms with Crippen molar-refractivity contribution in [2.75, 3.05) is 0 Å². The van der Waals surface area contributed by atoms with Crippen LogP contribution in [0.25, 0.3) is 0 Å². The fraction of sp³-hybridized carbons (Fsp3) is 0. The van der Waals surface area contributed by atoms with E-state index in [1.807, 2.05) is 0 Å². The molecule has 0 amide bonds. The summed E-state index contributed by atoms with van der Waals surface area (Å²) in [6.45, 7) is 0. The number of phenols is 1. The lowest BCUT2D eigenvalue weighted by atomic mass is 10.0. The van der Waals surface area contributed by atoms with Crippen LogP contribution in [0, 0.1) is 0 Å². The van der Waals surface area contributed by atoms with Crippen LogP contribution in [0.5, 0.6) is 5.75 Å². The minimum atomic E-state index is -0.371. The van der Waals surface area contributed by atoms with Crippen molar-refractivity contribution >= 4 is 11.5 Å². The van der Waals surface area contributed by atoms with Crippen molar-refractivity contribution in [1.29, 1.82) is 0 Å². The first kappa shape index (κ1) is 11.9. The number of rotatable bonds is 3. The zero-order valence-corrected chi connectivity index (χ0v) is 9.45. The number of carbonyl (C=O) groups is 1. The largest absolute Gasteiger partial charge is 0.508 e. The van der Waals surface area contributed by atoms with Gasteiger partial charge in [-0.05, 0) is 24.3 Å². The maximum atomic E-state index is 12.1. The van der Waals surface area contributed by atoms with Crippen molar-refractivity contribution in [1.82, 2.24) is 0 Å². The van der Waals surface area contributed by atoms with E-state index in [2.05, 4.69) is 5.16 Å². The molecule has 2 aromatic rings. The average Bonchev–Trinajstić information content (AvgIpc) is 2.42. The maximum Gasteiger partial charge on any atom is 0.215 e. The van der Waals surface area contributed by atoms with E-state index in [9.17, 15) is 9.90 Å². The van der Waals surface area contributed by atoms with Gasteiger partial charge >= 0.3 is 0 Å². The molecule has 0 radical (unpaired) electrons. The first-order valence-electron chi connectivity index (χ1n) is 5.33. The van der Waals surface area contributed by atoms with Gasteiger partial charge in [0.2, 0.25) is 5.78 Å². The van der Waals surface area contributed by atoms with Crippen molar-refractivity contribution in [2.24, 2.45) is 5.16 Å². The Bertz CT molecular complexity index is 574. The van der Waals surface area contributed by atoms with Crippen LogP contribution in [0.1, 0.15) is 15.9 Å². The maximum absolute atomic E-state index is 12.1. The fourth-order valence-electron chi connectivity index (χ4n) is 1.58. The van der Waals surface area contributed by atoms with Crippen molar-refractivity contribution in [3.8, 4) is 5.75 Å². The molecule has 0 saturated heterocycles. The van der Waals surface area contributed by atoms with Crippen molar-refractivity contribution in [3.63, 3.8) is 0 Å². The summed E-state index contributed by atoms with van der Waals surface area (Å²) in [5.41, 5.74) is 0.837. The van der Waals surface area contributed by atoms with Crippen molar-refractivity contribution in [2.45, 2.75) is 0 Å². The SMILES string of the molecule is O=C(C(=NO)c1ccc(O)cc1)c1ccccc1. The van der Waals surface area contributed by atoms with Crippen LogP contribution >= 0.6 is 0 Å². The number of carbonyl (C=O) groups excluding carboxylic acids is 1. The van der Waals surface area contributed by atoms with E-state index < -0.39 is 0 Å². The molecule has 4 heteroatoms. The molecule has 18 heavy (non-hydrogen) atoms. The van der Waals surface area contributed by atoms with Crippen LogP contribution in [0.4, 0.5) is 0 Å². The molecular formula is C14H11NO3. The number of benzene rings is 2. The Labute approximate surface area is 104 Å². The minimum absolute atomic E-state index is 0.0544. The van der Waals surface area contributed by atoms with Crippen LogP contribution in [-0.2, 0) is 0 Å². The monoisotopic (exact) mass is 241 g/mol. The van der Waals surface area contributed by atoms with Crippen LogP contribution in [0.2, 0.25) is 0 Å². The number of hydrogen-bond donors (Lipinski definition) is 2. The lowest BCUT2D eigenvalue weighted by Crippen LogP contribution is -2.15. The highest BCUT2D eigenvalue weighted by Crippen LogP contribution is 2.13.